The first-order chi connectivity index (χ1) is 28.9. The van der Waals surface area contributed by atoms with Gasteiger partial charge in [0.05, 0.1) is 124 Å². The maximum Gasteiger partial charge on any atom is 0.222 e. The smallest absolute Gasteiger partial charge is 0.222 e. The summed E-state index contributed by atoms with van der Waals surface area (Å²) >= 11 is 0. The van der Waals surface area contributed by atoms with Crippen LogP contribution in [-0.2, 0) is 66.5 Å². The van der Waals surface area contributed by atoms with Crippen molar-refractivity contribution in [1.29, 1.82) is 0 Å². The van der Waals surface area contributed by atoms with Crippen LogP contribution in [0.5, 0.6) is 0 Å². The number of amides is 2. The molecule has 0 fully saturated rings. The van der Waals surface area contributed by atoms with Crippen LogP contribution in [0, 0.1) is 10.8 Å². The molecule has 0 aromatic carbocycles. The Labute approximate surface area is 367 Å². The van der Waals surface area contributed by atoms with Crippen LogP contribution in [0.2, 0.25) is 0 Å². The van der Waals surface area contributed by atoms with Crippen LogP contribution < -0.4 is 10.6 Å². The number of rotatable bonds is 45. The first-order valence-electron chi connectivity index (χ1n) is 22.0. The zero-order valence-corrected chi connectivity index (χ0v) is 39.4. The number of hydrogen-bond acceptors (Lipinski definition) is 15. The molecule has 17 nitrogen and oxygen atoms in total. The van der Waals surface area contributed by atoms with E-state index in [1.54, 1.807) is 0 Å². The molecular formula is C44H85N3O14. The van der Waals surface area contributed by atoms with E-state index in [1.165, 1.54) is 0 Å². The Morgan fingerprint density at radius 1 is 0.443 bits per heavy atom. The van der Waals surface area contributed by atoms with Crippen molar-refractivity contribution < 1.29 is 66.5 Å². The van der Waals surface area contributed by atoms with Crippen LogP contribution in [0.25, 0.3) is 0 Å². The Balaban J connectivity index is 3.44. The fourth-order valence-corrected chi connectivity index (χ4v) is 4.80. The summed E-state index contributed by atoms with van der Waals surface area (Å²) < 4.78 is 56.1. The van der Waals surface area contributed by atoms with Gasteiger partial charge in [-0.1, -0.05) is 27.7 Å². The van der Waals surface area contributed by atoms with Crippen LogP contribution in [-0.4, -0.2) is 193 Å². The van der Waals surface area contributed by atoms with Crippen molar-refractivity contribution in [3.05, 3.63) is 0 Å². The molecule has 2 amide bonds. The van der Waals surface area contributed by atoms with Crippen LogP contribution >= 0.6 is 0 Å². The zero-order valence-electron chi connectivity index (χ0n) is 39.4. The normalized spacial score (nSPS) is 12.6. The highest BCUT2D eigenvalue weighted by atomic mass is 16.6. The van der Waals surface area contributed by atoms with Gasteiger partial charge in [0.1, 0.15) is 12.6 Å². The number of nitrogens with one attached hydrogen (secondary N) is 2. The Morgan fingerprint density at radius 2 is 0.770 bits per heavy atom. The fourth-order valence-electron chi connectivity index (χ4n) is 4.80. The molecule has 360 valence electrons. The third kappa shape index (κ3) is 40.4. The minimum Gasteiger partial charge on any atom is -0.379 e. The molecule has 0 saturated carbocycles. The Hall–Kier alpha value is -2.16. The molecule has 0 aromatic heterocycles. The summed E-state index contributed by atoms with van der Waals surface area (Å²) in [6, 6.07) is 0. The van der Waals surface area contributed by atoms with Crippen molar-refractivity contribution in [2.24, 2.45) is 10.8 Å². The van der Waals surface area contributed by atoms with Crippen LogP contribution in [0.3, 0.4) is 0 Å². The van der Waals surface area contributed by atoms with E-state index in [0.717, 1.165) is 25.7 Å². The van der Waals surface area contributed by atoms with Gasteiger partial charge in [-0.3, -0.25) is 9.59 Å². The zero-order chi connectivity index (χ0) is 45.7. The van der Waals surface area contributed by atoms with E-state index in [2.05, 4.69) is 15.5 Å². The quantitative estimate of drug-likeness (QED) is 0.0670. The Morgan fingerprint density at radius 3 is 1.13 bits per heavy atom. The molecule has 0 aliphatic rings. The summed E-state index contributed by atoms with van der Waals surface area (Å²) in [5.41, 5.74) is -1.74. The second-order valence-corrected chi connectivity index (χ2v) is 17.5. The molecule has 0 saturated heterocycles. The van der Waals surface area contributed by atoms with Gasteiger partial charge >= 0.3 is 0 Å². The minimum absolute atomic E-state index is 0.0668. The van der Waals surface area contributed by atoms with Crippen molar-refractivity contribution in [2.75, 3.05) is 152 Å². The van der Waals surface area contributed by atoms with Gasteiger partial charge in [0.2, 0.25) is 11.8 Å². The summed E-state index contributed by atoms with van der Waals surface area (Å²) in [6.07, 6.45) is 4.37. The molecule has 0 unspecified atom stereocenters. The average molecular weight is 880 g/mol. The van der Waals surface area contributed by atoms with Gasteiger partial charge < -0.3 is 72.5 Å². The van der Waals surface area contributed by atoms with E-state index in [9.17, 15) is 19.2 Å². The van der Waals surface area contributed by atoms with Gasteiger partial charge in [0.15, 0.2) is 0 Å². The highest BCUT2D eigenvalue weighted by Crippen LogP contribution is 2.21. The molecule has 0 radical (unpaired) electrons. The Bertz CT molecular complexity index is 1110. The lowest BCUT2D eigenvalue weighted by Gasteiger charge is -2.29. The minimum atomic E-state index is -0.527. The van der Waals surface area contributed by atoms with E-state index in [4.69, 9.17) is 47.4 Å². The number of hydrogen-bond donors (Lipinski definition) is 2. The molecule has 61 heavy (non-hydrogen) atoms. The van der Waals surface area contributed by atoms with Gasteiger partial charge in [0.25, 0.3) is 0 Å². The van der Waals surface area contributed by atoms with Crippen LogP contribution in [0.15, 0.2) is 0 Å². The number of carbonyl (C=O) groups excluding carboxylic acids is 4. The van der Waals surface area contributed by atoms with Gasteiger partial charge in [0, 0.05) is 56.5 Å². The molecule has 0 aliphatic carbocycles. The first-order valence-corrected chi connectivity index (χ1v) is 22.0. The predicted molar refractivity (Wildman–Crippen MR) is 233 cm³/mol. The van der Waals surface area contributed by atoms with Gasteiger partial charge in [-0.05, 0) is 54.0 Å². The number of likely N-dealkylation sites (N-methyl/N-ethyl adjacent to an activating group) is 1. The topological polar surface area (TPSA) is 188 Å². The third-order valence-electron chi connectivity index (χ3n) is 9.22. The van der Waals surface area contributed by atoms with E-state index in [-0.39, 0.29) is 30.3 Å². The number of nitrogens with zero attached hydrogens (tertiary/aromatic N) is 1. The molecule has 17 heteroatoms. The molecule has 0 atom stereocenters. The maximum absolute atomic E-state index is 12.1. The Kier molecular flexibility index (Phi) is 34.9. The van der Waals surface area contributed by atoms with Crippen molar-refractivity contribution in [3.63, 3.8) is 0 Å². The summed E-state index contributed by atoms with van der Waals surface area (Å²) in [5.74, 6) is -0.146. The first kappa shape index (κ1) is 58.8. The predicted octanol–water partition coefficient (Wildman–Crippen LogP) is 3.27. The lowest BCUT2D eigenvalue weighted by Crippen LogP contribution is -2.36. The summed E-state index contributed by atoms with van der Waals surface area (Å²) in [5, 5.41) is 5.78. The third-order valence-corrected chi connectivity index (χ3v) is 9.22. The highest BCUT2D eigenvalue weighted by molar-refractivity contribution is 5.76. The number of ether oxygens (including phenoxy) is 10. The largest absolute Gasteiger partial charge is 0.379 e. The van der Waals surface area contributed by atoms with Crippen molar-refractivity contribution in [2.45, 2.75) is 98.7 Å². The van der Waals surface area contributed by atoms with Gasteiger partial charge in [-0.25, -0.2) is 0 Å². The average Bonchev–Trinajstić information content (AvgIpc) is 3.20. The van der Waals surface area contributed by atoms with Crippen molar-refractivity contribution >= 4 is 24.4 Å². The molecule has 0 heterocycles. The molecule has 0 rings (SSSR count). The lowest BCUT2D eigenvalue weighted by atomic mass is 9.92. The van der Waals surface area contributed by atoms with E-state index in [1.807, 2.05) is 62.4 Å². The second-order valence-electron chi connectivity index (χ2n) is 17.5. The molecule has 0 aromatic rings. The second kappa shape index (κ2) is 36.2. The standard InChI is InChI=1S/C44H85N3O14/c1-41(2,36-48)14-21-60-43(5,6)12-15-45-39(50)10-19-52-24-28-56-32-34-58-30-26-54-22-17-47(9)18-23-55-27-31-59-35-33-57-29-25-53-20-11-40(51)46-16-13-44(7,8)61-38-42(3,4)37-49/h36-37H,10-35,38H2,1-9H3,(H,45,50)(H,46,51). The summed E-state index contributed by atoms with van der Waals surface area (Å²) in [6.45, 7) is 26.0. The molecule has 0 aliphatic heterocycles. The molecule has 0 spiro atoms. The van der Waals surface area contributed by atoms with Crippen molar-refractivity contribution in [1.82, 2.24) is 15.5 Å². The maximum atomic E-state index is 12.1. The lowest BCUT2D eigenvalue weighted by molar-refractivity contribution is -0.124. The highest BCUT2D eigenvalue weighted by Gasteiger charge is 2.25. The van der Waals surface area contributed by atoms with Crippen molar-refractivity contribution in [3.8, 4) is 0 Å². The van der Waals surface area contributed by atoms with E-state index >= 15 is 0 Å². The SMILES string of the molecule is CN(CCOCCOCCOCCOCCC(=O)NCCC(C)(C)OCCC(C)(C)C=O)CCOCCOCCOCCOCCC(=O)NCCC(C)(C)OCC(C)(C)C=O. The van der Waals surface area contributed by atoms with E-state index < -0.39 is 16.4 Å². The summed E-state index contributed by atoms with van der Waals surface area (Å²) in [4.78, 5) is 48.4. The number of aldehydes is 2. The van der Waals surface area contributed by atoms with Gasteiger partial charge in [-0.2, -0.15) is 0 Å². The molecule has 0 bridgehead atoms. The number of carbonyl (C=O) groups is 4. The molecular weight excluding hydrogens is 794 g/mol. The van der Waals surface area contributed by atoms with Crippen LogP contribution in [0.4, 0.5) is 0 Å². The van der Waals surface area contributed by atoms with Gasteiger partial charge in [-0.15, -0.1) is 0 Å². The van der Waals surface area contributed by atoms with Crippen LogP contribution in [0.1, 0.15) is 87.5 Å². The summed E-state index contributed by atoms with van der Waals surface area (Å²) in [7, 11) is 2.02. The fraction of sp³-hybridized carbons (Fsp3) is 0.909. The molecule has 2 N–H and O–H groups in total. The monoisotopic (exact) mass is 880 g/mol. The van der Waals surface area contributed by atoms with E-state index in [0.29, 0.717) is 151 Å².